The maximum Gasteiger partial charge on any atom is 0.212 e. The molecule has 0 aliphatic rings. The van der Waals surface area contributed by atoms with E-state index in [2.05, 4.69) is 4.98 Å². The van der Waals surface area contributed by atoms with Crippen molar-refractivity contribution in [2.24, 2.45) is 0 Å². The van der Waals surface area contributed by atoms with Gasteiger partial charge in [0.25, 0.3) is 0 Å². The summed E-state index contributed by atoms with van der Waals surface area (Å²) in [6, 6.07) is 8.53. The van der Waals surface area contributed by atoms with Crippen LogP contribution < -0.4 is 0 Å². The van der Waals surface area contributed by atoms with Crippen LogP contribution in [0.25, 0.3) is 0 Å². The summed E-state index contributed by atoms with van der Waals surface area (Å²) >= 11 is 11.9. The number of nitrogens with zero attached hydrogens (tertiary/aromatic N) is 1. The van der Waals surface area contributed by atoms with E-state index in [9.17, 15) is 4.79 Å². The van der Waals surface area contributed by atoms with Gasteiger partial charge in [0, 0.05) is 11.8 Å². The van der Waals surface area contributed by atoms with Crippen molar-refractivity contribution in [1.82, 2.24) is 4.98 Å². The first kappa shape index (κ1) is 12.1. The Kier molecular flexibility index (Phi) is 3.46. The topological polar surface area (TPSA) is 30.0 Å². The van der Waals surface area contributed by atoms with Gasteiger partial charge in [0.2, 0.25) is 5.78 Å². The lowest BCUT2D eigenvalue weighted by Gasteiger charge is -2.04. The minimum atomic E-state index is -0.221. The number of aromatic nitrogens is 1. The SMILES string of the molecule is Cc1ccnc(C(=O)c2cccc(Cl)c2Cl)c1. The number of hydrogen-bond donors (Lipinski definition) is 0. The fraction of sp³-hybridized carbons (Fsp3) is 0.0769. The highest BCUT2D eigenvalue weighted by Gasteiger charge is 2.15. The summed E-state index contributed by atoms with van der Waals surface area (Å²) in [5, 5.41) is 0.632. The molecule has 1 aromatic heterocycles. The molecule has 0 atom stereocenters. The number of aryl methyl sites for hydroxylation is 1. The average molecular weight is 266 g/mol. The molecule has 86 valence electrons. The van der Waals surface area contributed by atoms with Gasteiger partial charge in [-0.15, -0.1) is 0 Å². The molecule has 0 aliphatic carbocycles. The van der Waals surface area contributed by atoms with Crippen LogP contribution in [-0.4, -0.2) is 10.8 Å². The molecular formula is C13H9Cl2NO. The van der Waals surface area contributed by atoms with Crippen LogP contribution in [0.2, 0.25) is 10.0 Å². The van der Waals surface area contributed by atoms with Crippen molar-refractivity contribution in [2.75, 3.05) is 0 Å². The minimum absolute atomic E-state index is 0.221. The predicted molar refractivity (Wildman–Crippen MR) is 68.9 cm³/mol. The van der Waals surface area contributed by atoms with Gasteiger partial charge in [0.05, 0.1) is 10.0 Å². The normalized spacial score (nSPS) is 10.3. The Morgan fingerprint density at radius 3 is 2.71 bits per heavy atom. The molecule has 0 radical (unpaired) electrons. The van der Waals surface area contributed by atoms with Crippen LogP contribution in [0.1, 0.15) is 21.6 Å². The zero-order valence-electron chi connectivity index (χ0n) is 9.08. The number of carbonyl (C=O) groups excluding carboxylic acids is 1. The first-order chi connectivity index (χ1) is 8.09. The van der Waals surface area contributed by atoms with Crippen LogP contribution >= 0.6 is 23.2 Å². The van der Waals surface area contributed by atoms with Gasteiger partial charge < -0.3 is 0 Å². The summed E-state index contributed by atoms with van der Waals surface area (Å²) in [7, 11) is 0. The Morgan fingerprint density at radius 1 is 1.24 bits per heavy atom. The Morgan fingerprint density at radius 2 is 2.00 bits per heavy atom. The zero-order valence-corrected chi connectivity index (χ0v) is 10.6. The summed E-state index contributed by atoms with van der Waals surface area (Å²) in [6.07, 6.45) is 1.60. The second kappa shape index (κ2) is 4.86. The van der Waals surface area contributed by atoms with Crippen molar-refractivity contribution in [2.45, 2.75) is 6.92 Å². The Bertz CT molecular complexity index is 581. The Hall–Kier alpha value is -1.38. The van der Waals surface area contributed by atoms with Crippen LogP contribution in [0.5, 0.6) is 0 Å². The fourth-order valence-electron chi connectivity index (χ4n) is 1.48. The molecule has 0 saturated carbocycles. The van der Waals surface area contributed by atoms with Gasteiger partial charge in [0.1, 0.15) is 5.69 Å². The molecule has 0 N–H and O–H groups in total. The van der Waals surface area contributed by atoms with Gasteiger partial charge in [-0.1, -0.05) is 29.3 Å². The molecule has 2 rings (SSSR count). The molecule has 0 saturated heterocycles. The lowest BCUT2D eigenvalue weighted by atomic mass is 10.1. The molecule has 4 heteroatoms. The van der Waals surface area contributed by atoms with Crippen molar-refractivity contribution in [1.29, 1.82) is 0 Å². The van der Waals surface area contributed by atoms with E-state index < -0.39 is 0 Å². The molecular weight excluding hydrogens is 257 g/mol. The van der Waals surface area contributed by atoms with E-state index in [4.69, 9.17) is 23.2 Å². The molecule has 17 heavy (non-hydrogen) atoms. The Balaban J connectivity index is 2.48. The van der Waals surface area contributed by atoms with Gasteiger partial charge in [-0.25, -0.2) is 0 Å². The number of ketones is 1. The van der Waals surface area contributed by atoms with Gasteiger partial charge in [-0.2, -0.15) is 0 Å². The number of rotatable bonds is 2. The quantitative estimate of drug-likeness (QED) is 0.771. The third-order valence-electron chi connectivity index (χ3n) is 2.34. The third kappa shape index (κ3) is 2.48. The average Bonchev–Trinajstić information content (AvgIpc) is 2.32. The largest absolute Gasteiger partial charge is 0.287 e. The summed E-state index contributed by atoms with van der Waals surface area (Å²) in [5.41, 5.74) is 1.72. The van der Waals surface area contributed by atoms with E-state index in [1.165, 1.54) is 0 Å². The molecule has 0 spiro atoms. The zero-order chi connectivity index (χ0) is 12.4. The molecule has 0 fully saturated rings. The minimum Gasteiger partial charge on any atom is -0.287 e. The number of pyridine rings is 1. The predicted octanol–water partition coefficient (Wildman–Crippen LogP) is 3.93. The maximum atomic E-state index is 12.2. The molecule has 0 bridgehead atoms. The molecule has 0 aliphatic heterocycles. The third-order valence-corrected chi connectivity index (χ3v) is 3.16. The highest BCUT2D eigenvalue weighted by Crippen LogP contribution is 2.27. The summed E-state index contributed by atoms with van der Waals surface area (Å²) in [6.45, 7) is 1.90. The van der Waals surface area contributed by atoms with Gasteiger partial charge in [-0.05, 0) is 36.8 Å². The summed E-state index contributed by atoms with van der Waals surface area (Å²) < 4.78 is 0. The molecule has 2 aromatic rings. The number of carbonyl (C=O) groups is 1. The van der Waals surface area contributed by atoms with E-state index in [0.29, 0.717) is 16.3 Å². The molecule has 1 aromatic carbocycles. The lowest BCUT2D eigenvalue weighted by Crippen LogP contribution is -2.05. The number of benzene rings is 1. The summed E-state index contributed by atoms with van der Waals surface area (Å²) in [4.78, 5) is 16.2. The van der Waals surface area contributed by atoms with Crippen molar-refractivity contribution in [3.8, 4) is 0 Å². The van der Waals surface area contributed by atoms with Crippen molar-refractivity contribution >= 4 is 29.0 Å². The molecule has 0 amide bonds. The molecule has 0 unspecified atom stereocenters. The standard InChI is InChI=1S/C13H9Cl2NO/c1-8-5-6-16-11(7-8)13(17)9-3-2-4-10(14)12(9)15/h2-7H,1H3. The first-order valence-electron chi connectivity index (χ1n) is 5.01. The van der Waals surface area contributed by atoms with E-state index in [1.807, 2.05) is 13.0 Å². The Labute approximate surface area is 109 Å². The summed E-state index contributed by atoms with van der Waals surface area (Å²) in [5.74, 6) is -0.221. The second-order valence-corrected chi connectivity index (χ2v) is 4.43. The maximum absolute atomic E-state index is 12.2. The van der Waals surface area contributed by atoms with Gasteiger partial charge >= 0.3 is 0 Å². The van der Waals surface area contributed by atoms with Crippen molar-refractivity contribution in [3.63, 3.8) is 0 Å². The van der Waals surface area contributed by atoms with Crippen LogP contribution in [0.4, 0.5) is 0 Å². The monoisotopic (exact) mass is 265 g/mol. The van der Waals surface area contributed by atoms with Crippen LogP contribution in [0.3, 0.4) is 0 Å². The molecule has 1 heterocycles. The fourth-order valence-corrected chi connectivity index (χ4v) is 1.86. The van der Waals surface area contributed by atoms with Gasteiger partial charge in [0.15, 0.2) is 0 Å². The van der Waals surface area contributed by atoms with Crippen LogP contribution in [-0.2, 0) is 0 Å². The van der Waals surface area contributed by atoms with Gasteiger partial charge in [-0.3, -0.25) is 9.78 Å². The van der Waals surface area contributed by atoms with Crippen LogP contribution in [0, 0.1) is 6.92 Å². The highest BCUT2D eigenvalue weighted by atomic mass is 35.5. The van der Waals surface area contributed by atoms with Crippen molar-refractivity contribution < 1.29 is 4.79 Å². The van der Waals surface area contributed by atoms with E-state index in [-0.39, 0.29) is 10.8 Å². The highest BCUT2D eigenvalue weighted by molar-refractivity contribution is 6.44. The first-order valence-corrected chi connectivity index (χ1v) is 5.76. The smallest absolute Gasteiger partial charge is 0.212 e. The number of hydrogen-bond acceptors (Lipinski definition) is 2. The van der Waals surface area contributed by atoms with E-state index >= 15 is 0 Å². The molecule has 2 nitrogen and oxygen atoms in total. The van der Waals surface area contributed by atoms with E-state index in [0.717, 1.165) is 5.56 Å². The lowest BCUT2D eigenvalue weighted by molar-refractivity contribution is 0.103. The van der Waals surface area contributed by atoms with E-state index in [1.54, 1.807) is 30.5 Å². The van der Waals surface area contributed by atoms with Crippen LogP contribution in [0.15, 0.2) is 36.5 Å². The van der Waals surface area contributed by atoms with Crippen molar-refractivity contribution in [3.05, 3.63) is 63.4 Å². The second-order valence-electron chi connectivity index (χ2n) is 3.65. The number of halogens is 2.